The molecule has 44 heavy (non-hydrogen) atoms. The summed E-state index contributed by atoms with van der Waals surface area (Å²) in [5.41, 5.74) is 7.87. The number of para-hydroxylation sites is 3. The highest BCUT2D eigenvalue weighted by Gasteiger charge is 2.23. The van der Waals surface area contributed by atoms with Crippen LogP contribution in [0.2, 0.25) is 0 Å². The van der Waals surface area contributed by atoms with E-state index >= 15 is 0 Å². The number of fused-ring (bicyclic) bond motifs is 6. The molecule has 3 heterocycles. The molecule has 6 aromatic carbocycles. The summed E-state index contributed by atoms with van der Waals surface area (Å²) in [6.45, 7) is 0. The lowest BCUT2D eigenvalue weighted by atomic mass is 9.94. The average Bonchev–Trinajstić information content (AvgIpc) is 3.67. The maximum absolute atomic E-state index is 6.42. The van der Waals surface area contributed by atoms with E-state index in [-0.39, 0.29) is 0 Å². The van der Waals surface area contributed by atoms with E-state index in [4.69, 9.17) is 23.8 Å². The zero-order valence-corrected chi connectivity index (χ0v) is 23.4. The number of aromatic nitrogens is 3. The zero-order valence-electron chi connectivity index (χ0n) is 23.4. The second-order valence-electron chi connectivity index (χ2n) is 10.8. The summed E-state index contributed by atoms with van der Waals surface area (Å²) in [6, 6.07) is 46.9. The Morgan fingerprint density at radius 3 is 1.77 bits per heavy atom. The fraction of sp³-hybridized carbons (Fsp3) is 0. The van der Waals surface area contributed by atoms with E-state index in [0.717, 1.165) is 71.7 Å². The molecule has 0 N–H and O–H groups in total. The fourth-order valence-corrected chi connectivity index (χ4v) is 6.15. The highest BCUT2D eigenvalue weighted by atomic mass is 16.3. The van der Waals surface area contributed by atoms with Gasteiger partial charge in [0, 0.05) is 32.7 Å². The van der Waals surface area contributed by atoms with E-state index < -0.39 is 0 Å². The third-order valence-corrected chi connectivity index (χ3v) is 8.16. The van der Waals surface area contributed by atoms with Gasteiger partial charge in [0.05, 0.1) is 5.56 Å². The van der Waals surface area contributed by atoms with E-state index in [0.29, 0.717) is 17.5 Å². The summed E-state index contributed by atoms with van der Waals surface area (Å²) in [5.74, 6) is 1.70. The number of rotatable bonds is 4. The smallest absolute Gasteiger partial charge is 0.167 e. The van der Waals surface area contributed by atoms with Gasteiger partial charge in [0.1, 0.15) is 22.3 Å². The van der Waals surface area contributed by atoms with Crippen LogP contribution >= 0.6 is 0 Å². The molecule has 0 aliphatic carbocycles. The Hall–Kier alpha value is -6.07. The Bertz CT molecular complexity index is 2500. The van der Waals surface area contributed by atoms with E-state index in [9.17, 15) is 0 Å². The Kier molecular flexibility index (Phi) is 5.43. The van der Waals surface area contributed by atoms with Crippen molar-refractivity contribution in [2.24, 2.45) is 0 Å². The van der Waals surface area contributed by atoms with Gasteiger partial charge in [-0.05, 0) is 41.5 Å². The first-order valence-electron chi connectivity index (χ1n) is 14.5. The quantitative estimate of drug-likeness (QED) is 0.212. The molecule has 5 nitrogen and oxygen atoms in total. The fourth-order valence-electron chi connectivity index (χ4n) is 6.15. The molecule has 0 aliphatic rings. The van der Waals surface area contributed by atoms with Crippen LogP contribution in [0.1, 0.15) is 0 Å². The number of hydrogen-bond acceptors (Lipinski definition) is 5. The summed E-state index contributed by atoms with van der Waals surface area (Å²) in [5, 5.41) is 4.06. The Morgan fingerprint density at radius 2 is 0.977 bits per heavy atom. The maximum Gasteiger partial charge on any atom is 0.167 e. The standard InChI is InChI=1S/C39H23N3O2/c1-3-12-24(13-4-1)26-22-23-33-34(29-17-8-10-21-32(29)43-33)35(26)39-41-37(25-14-5-2-6-15-25)40-38(42-39)30-19-11-18-28-27-16-7-9-20-31(27)44-36(28)30/h1-23H. The van der Waals surface area contributed by atoms with Crippen LogP contribution in [0.15, 0.2) is 148 Å². The number of hydrogen-bond donors (Lipinski definition) is 0. The van der Waals surface area contributed by atoms with Crippen LogP contribution in [0.4, 0.5) is 0 Å². The molecule has 0 aliphatic heterocycles. The zero-order chi connectivity index (χ0) is 29.0. The minimum atomic E-state index is 0.544. The Balaban J connectivity index is 1.40. The van der Waals surface area contributed by atoms with Gasteiger partial charge in [-0.25, -0.2) is 15.0 Å². The van der Waals surface area contributed by atoms with Crippen molar-refractivity contribution in [1.82, 2.24) is 15.0 Å². The lowest BCUT2D eigenvalue weighted by molar-refractivity contribution is 0.668. The van der Waals surface area contributed by atoms with Crippen molar-refractivity contribution in [3.05, 3.63) is 140 Å². The summed E-state index contributed by atoms with van der Waals surface area (Å²) >= 11 is 0. The van der Waals surface area contributed by atoms with Crippen LogP contribution < -0.4 is 0 Å². The number of furan rings is 2. The van der Waals surface area contributed by atoms with Gasteiger partial charge >= 0.3 is 0 Å². The molecular formula is C39H23N3O2. The molecule has 9 aromatic rings. The molecule has 3 aromatic heterocycles. The molecule has 0 bridgehead atoms. The van der Waals surface area contributed by atoms with Crippen molar-refractivity contribution < 1.29 is 8.83 Å². The average molecular weight is 566 g/mol. The van der Waals surface area contributed by atoms with Gasteiger partial charge in [-0.1, -0.05) is 109 Å². The highest BCUT2D eigenvalue weighted by Crippen LogP contribution is 2.43. The molecule has 0 spiro atoms. The lowest BCUT2D eigenvalue weighted by Gasteiger charge is -2.13. The van der Waals surface area contributed by atoms with Crippen LogP contribution in [0.3, 0.4) is 0 Å². The molecular weight excluding hydrogens is 542 g/mol. The topological polar surface area (TPSA) is 65.0 Å². The molecule has 0 unspecified atom stereocenters. The number of nitrogens with zero attached hydrogens (tertiary/aromatic N) is 3. The first kappa shape index (κ1) is 24.5. The van der Waals surface area contributed by atoms with Crippen LogP contribution in [-0.4, -0.2) is 15.0 Å². The molecule has 0 amide bonds. The van der Waals surface area contributed by atoms with Crippen molar-refractivity contribution in [3.63, 3.8) is 0 Å². The van der Waals surface area contributed by atoms with E-state index in [1.807, 2.05) is 103 Å². The Morgan fingerprint density at radius 1 is 0.364 bits per heavy atom. The monoisotopic (exact) mass is 565 g/mol. The van der Waals surface area contributed by atoms with Crippen LogP contribution in [0.25, 0.3) is 89.2 Å². The lowest BCUT2D eigenvalue weighted by Crippen LogP contribution is -2.01. The summed E-state index contributed by atoms with van der Waals surface area (Å²) in [4.78, 5) is 15.4. The van der Waals surface area contributed by atoms with E-state index in [1.165, 1.54) is 0 Å². The van der Waals surface area contributed by atoms with Crippen LogP contribution in [0.5, 0.6) is 0 Å². The first-order valence-corrected chi connectivity index (χ1v) is 14.5. The summed E-state index contributed by atoms with van der Waals surface area (Å²) in [7, 11) is 0. The van der Waals surface area contributed by atoms with Crippen LogP contribution in [0, 0.1) is 0 Å². The molecule has 5 heteroatoms. The van der Waals surface area contributed by atoms with Gasteiger partial charge < -0.3 is 8.83 Å². The van der Waals surface area contributed by atoms with Crippen LogP contribution in [-0.2, 0) is 0 Å². The normalized spacial score (nSPS) is 11.6. The predicted octanol–water partition coefficient (Wildman–Crippen LogP) is 10.3. The van der Waals surface area contributed by atoms with E-state index in [2.05, 4.69) is 36.4 Å². The van der Waals surface area contributed by atoms with Gasteiger partial charge in [0.15, 0.2) is 17.5 Å². The summed E-state index contributed by atoms with van der Waals surface area (Å²) in [6.07, 6.45) is 0. The second kappa shape index (κ2) is 9.75. The van der Waals surface area contributed by atoms with Gasteiger partial charge in [0.25, 0.3) is 0 Å². The third kappa shape index (κ3) is 3.83. The Labute approximate surface area is 252 Å². The van der Waals surface area contributed by atoms with Gasteiger partial charge in [-0.3, -0.25) is 0 Å². The molecule has 0 saturated heterocycles. The molecule has 206 valence electrons. The van der Waals surface area contributed by atoms with Gasteiger partial charge in [0.2, 0.25) is 0 Å². The highest BCUT2D eigenvalue weighted by molar-refractivity contribution is 6.15. The molecule has 9 rings (SSSR count). The van der Waals surface area contributed by atoms with Crippen molar-refractivity contribution in [1.29, 1.82) is 0 Å². The first-order chi connectivity index (χ1) is 21.8. The molecule has 0 saturated carbocycles. The summed E-state index contributed by atoms with van der Waals surface area (Å²) < 4.78 is 12.8. The third-order valence-electron chi connectivity index (χ3n) is 8.16. The largest absolute Gasteiger partial charge is 0.456 e. The maximum atomic E-state index is 6.42. The predicted molar refractivity (Wildman–Crippen MR) is 176 cm³/mol. The van der Waals surface area contributed by atoms with Crippen molar-refractivity contribution in [2.45, 2.75) is 0 Å². The minimum Gasteiger partial charge on any atom is -0.456 e. The van der Waals surface area contributed by atoms with Crippen molar-refractivity contribution in [2.75, 3.05) is 0 Å². The van der Waals surface area contributed by atoms with E-state index in [1.54, 1.807) is 0 Å². The molecule has 0 atom stereocenters. The molecule has 0 radical (unpaired) electrons. The minimum absolute atomic E-state index is 0.544. The van der Waals surface area contributed by atoms with Crippen molar-refractivity contribution in [3.8, 4) is 45.3 Å². The SMILES string of the molecule is c1ccc(-c2nc(-c3cccc4c3oc3ccccc34)nc(-c3c(-c4ccccc4)ccc4oc5ccccc5c34)n2)cc1. The van der Waals surface area contributed by atoms with Gasteiger partial charge in [-0.2, -0.15) is 0 Å². The molecule has 0 fully saturated rings. The number of benzene rings is 6. The van der Waals surface area contributed by atoms with Gasteiger partial charge in [-0.15, -0.1) is 0 Å². The second-order valence-corrected chi connectivity index (χ2v) is 10.8. The van der Waals surface area contributed by atoms with Crippen molar-refractivity contribution >= 4 is 43.9 Å².